The molecule has 2 amide bonds. The summed E-state index contributed by atoms with van der Waals surface area (Å²) in [7, 11) is 0. The lowest BCUT2D eigenvalue weighted by molar-refractivity contribution is 0.0478. The predicted octanol–water partition coefficient (Wildman–Crippen LogP) is 3.37. The van der Waals surface area contributed by atoms with Gasteiger partial charge in [0.25, 0.3) is 11.8 Å². The van der Waals surface area contributed by atoms with Gasteiger partial charge in [0.2, 0.25) is 0 Å². The van der Waals surface area contributed by atoms with E-state index in [-0.39, 0.29) is 29.6 Å². The second-order valence-electron chi connectivity index (χ2n) is 5.90. The molecule has 0 atom stereocenters. The highest BCUT2D eigenvalue weighted by Crippen LogP contribution is 2.42. The first-order valence-electron chi connectivity index (χ1n) is 7.37. The van der Waals surface area contributed by atoms with Crippen LogP contribution in [-0.2, 0) is 0 Å². The number of nitrogens with zero attached hydrogens (tertiary/aromatic N) is 1. The van der Waals surface area contributed by atoms with E-state index in [9.17, 15) is 14.0 Å². The van der Waals surface area contributed by atoms with Crippen molar-refractivity contribution in [2.45, 2.75) is 24.8 Å². The second kappa shape index (κ2) is 4.77. The fraction of sp³-hybridized carbons (Fsp3) is 0.222. The standard InChI is InChI=1S/C18H14FNO2/c19-13-7-5-11(6-8-13)12-9-14(10-12)20-17(21)15-3-1-2-4-16(15)18(20)22/h1-8,12,14H,9-10H2/t12-,14+. The molecule has 1 fully saturated rings. The summed E-state index contributed by atoms with van der Waals surface area (Å²) >= 11 is 0. The molecule has 0 N–H and O–H groups in total. The van der Waals surface area contributed by atoms with Crippen LogP contribution in [0.4, 0.5) is 4.39 Å². The van der Waals surface area contributed by atoms with Crippen molar-refractivity contribution in [3.05, 3.63) is 71.0 Å². The summed E-state index contributed by atoms with van der Waals surface area (Å²) in [5.41, 5.74) is 2.06. The first-order valence-corrected chi connectivity index (χ1v) is 7.37. The summed E-state index contributed by atoms with van der Waals surface area (Å²) < 4.78 is 13.0. The third-order valence-electron chi connectivity index (χ3n) is 4.65. The van der Waals surface area contributed by atoms with E-state index in [0.717, 1.165) is 18.4 Å². The molecular formula is C18H14FNO2. The minimum Gasteiger partial charge on any atom is -0.271 e. The second-order valence-corrected chi connectivity index (χ2v) is 5.90. The summed E-state index contributed by atoms with van der Waals surface area (Å²) in [6, 6.07) is 13.3. The normalized spacial score (nSPS) is 23.4. The monoisotopic (exact) mass is 295 g/mol. The molecule has 2 aromatic rings. The van der Waals surface area contributed by atoms with Crippen LogP contribution in [0.15, 0.2) is 48.5 Å². The zero-order chi connectivity index (χ0) is 15.3. The van der Waals surface area contributed by atoms with Crippen LogP contribution >= 0.6 is 0 Å². The van der Waals surface area contributed by atoms with Crippen molar-refractivity contribution in [1.82, 2.24) is 4.90 Å². The Morgan fingerprint density at radius 3 is 1.95 bits per heavy atom. The number of carbonyl (C=O) groups is 2. The van der Waals surface area contributed by atoms with Gasteiger partial charge in [-0.05, 0) is 48.6 Å². The van der Waals surface area contributed by atoms with E-state index in [1.807, 2.05) is 0 Å². The Labute approximate surface area is 127 Å². The Kier molecular flexibility index (Phi) is 2.86. The van der Waals surface area contributed by atoms with Crippen molar-refractivity contribution in [3.8, 4) is 0 Å². The van der Waals surface area contributed by atoms with Crippen LogP contribution in [-0.4, -0.2) is 22.8 Å². The SMILES string of the molecule is O=C1c2ccccc2C(=O)N1[C@H]1C[C@@H](c2ccc(F)cc2)C1. The van der Waals surface area contributed by atoms with Crippen molar-refractivity contribution in [2.75, 3.05) is 0 Å². The molecule has 0 saturated heterocycles. The smallest absolute Gasteiger partial charge is 0.261 e. The number of rotatable bonds is 2. The van der Waals surface area contributed by atoms with Crippen molar-refractivity contribution < 1.29 is 14.0 Å². The molecule has 3 nitrogen and oxygen atoms in total. The van der Waals surface area contributed by atoms with E-state index >= 15 is 0 Å². The van der Waals surface area contributed by atoms with Crippen molar-refractivity contribution in [3.63, 3.8) is 0 Å². The molecule has 4 heteroatoms. The number of fused-ring (bicyclic) bond motifs is 1. The molecule has 22 heavy (non-hydrogen) atoms. The molecule has 2 aliphatic rings. The molecular weight excluding hydrogens is 281 g/mol. The summed E-state index contributed by atoms with van der Waals surface area (Å²) in [6.07, 6.45) is 1.49. The predicted molar refractivity (Wildman–Crippen MR) is 79.1 cm³/mol. The quantitative estimate of drug-likeness (QED) is 0.797. The van der Waals surface area contributed by atoms with Gasteiger partial charge in [0.1, 0.15) is 5.82 Å². The molecule has 0 spiro atoms. The van der Waals surface area contributed by atoms with Gasteiger partial charge in [0.05, 0.1) is 11.1 Å². The van der Waals surface area contributed by atoms with Crippen LogP contribution in [0.25, 0.3) is 0 Å². The third-order valence-corrected chi connectivity index (χ3v) is 4.65. The fourth-order valence-corrected chi connectivity index (χ4v) is 3.35. The van der Waals surface area contributed by atoms with Gasteiger partial charge < -0.3 is 0 Å². The molecule has 0 unspecified atom stereocenters. The summed E-state index contributed by atoms with van der Waals surface area (Å²) in [5.74, 6) is -0.346. The molecule has 110 valence electrons. The number of carbonyl (C=O) groups excluding carboxylic acids is 2. The van der Waals surface area contributed by atoms with Gasteiger partial charge in [-0.1, -0.05) is 24.3 Å². The topological polar surface area (TPSA) is 37.4 Å². The van der Waals surface area contributed by atoms with E-state index in [1.54, 1.807) is 36.4 Å². The highest BCUT2D eigenvalue weighted by Gasteiger charge is 2.45. The Bertz CT molecular complexity index is 728. The minimum absolute atomic E-state index is 0.0533. The van der Waals surface area contributed by atoms with Gasteiger partial charge in [-0.15, -0.1) is 0 Å². The van der Waals surface area contributed by atoms with Crippen LogP contribution < -0.4 is 0 Å². The molecule has 0 radical (unpaired) electrons. The van der Waals surface area contributed by atoms with Crippen LogP contribution in [0.1, 0.15) is 45.0 Å². The summed E-state index contributed by atoms with van der Waals surface area (Å²) in [6.45, 7) is 0. The van der Waals surface area contributed by atoms with Crippen molar-refractivity contribution >= 4 is 11.8 Å². The van der Waals surface area contributed by atoms with E-state index in [2.05, 4.69) is 0 Å². The summed E-state index contributed by atoms with van der Waals surface area (Å²) in [5, 5.41) is 0. The molecule has 1 aliphatic carbocycles. The highest BCUT2D eigenvalue weighted by molar-refractivity contribution is 6.21. The number of benzene rings is 2. The zero-order valence-electron chi connectivity index (χ0n) is 11.8. The highest BCUT2D eigenvalue weighted by atomic mass is 19.1. The Morgan fingerprint density at radius 2 is 1.41 bits per heavy atom. The maximum absolute atomic E-state index is 13.0. The average Bonchev–Trinajstić information content (AvgIpc) is 2.73. The Hall–Kier alpha value is -2.49. The average molecular weight is 295 g/mol. The molecule has 1 heterocycles. The lowest BCUT2D eigenvalue weighted by atomic mass is 9.75. The maximum Gasteiger partial charge on any atom is 0.261 e. The number of hydrogen-bond donors (Lipinski definition) is 0. The lowest BCUT2D eigenvalue weighted by Crippen LogP contribution is -2.46. The molecule has 4 rings (SSSR count). The van der Waals surface area contributed by atoms with E-state index in [0.29, 0.717) is 11.1 Å². The lowest BCUT2D eigenvalue weighted by Gasteiger charge is -2.40. The van der Waals surface area contributed by atoms with Crippen LogP contribution in [0.3, 0.4) is 0 Å². The van der Waals surface area contributed by atoms with E-state index in [4.69, 9.17) is 0 Å². The third kappa shape index (κ3) is 1.87. The minimum atomic E-state index is -0.250. The van der Waals surface area contributed by atoms with Crippen LogP contribution in [0, 0.1) is 5.82 Å². The van der Waals surface area contributed by atoms with Gasteiger partial charge in [-0.3, -0.25) is 14.5 Å². The fourth-order valence-electron chi connectivity index (χ4n) is 3.35. The van der Waals surface area contributed by atoms with Gasteiger partial charge >= 0.3 is 0 Å². The zero-order valence-corrected chi connectivity index (χ0v) is 11.8. The Morgan fingerprint density at radius 1 is 0.864 bits per heavy atom. The van der Waals surface area contributed by atoms with Gasteiger partial charge in [-0.25, -0.2) is 4.39 Å². The number of imide groups is 1. The van der Waals surface area contributed by atoms with Gasteiger partial charge in [0.15, 0.2) is 0 Å². The first-order chi connectivity index (χ1) is 10.6. The Balaban J connectivity index is 1.51. The summed E-state index contributed by atoms with van der Waals surface area (Å²) in [4.78, 5) is 26.2. The number of halogens is 1. The van der Waals surface area contributed by atoms with Gasteiger partial charge in [-0.2, -0.15) is 0 Å². The van der Waals surface area contributed by atoms with Crippen molar-refractivity contribution in [2.24, 2.45) is 0 Å². The molecule has 0 bridgehead atoms. The van der Waals surface area contributed by atoms with Crippen LogP contribution in [0.5, 0.6) is 0 Å². The largest absolute Gasteiger partial charge is 0.271 e. The number of amides is 2. The maximum atomic E-state index is 13.0. The van der Waals surface area contributed by atoms with Crippen LogP contribution in [0.2, 0.25) is 0 Å². The van der Waals surface area contributed by atoms with E-state index < -0.39 is 0 Å². The molecule has 0 aromatic heterocycles. The molecule has 1 aliphatic heterocycles. The van der Waals surface area contributed by atoms with Crippen molar-refractivity contribution in [1.29, 1.82) is 0 Å². The van der Waals surface area contributed by atoms with E-state index in [1.165, 1.54) is 17.0 Å². The van der Waals surface area contributed by atoms with Gasteiger partial charge in [0, 0.05) is 6.04 Å². The number of hydrogen-bond acceptors (Lipinski definition) is 2. The first kappa shape index (κ1) is 13.2. The molecule has 2 aromatic carbocycles. The molecule has 1 saturated carbocycles.